The molecule has 0 fully saturated rings. The van der Waals surface area contributed by atoms with Crippen molar-refractivity contribution >= 4 is 35.1 Å². The third-order valence-corrected chi connectivity index (χ3v) is 2.69. The van der Waals surface area contributed by atoms with Crippen molar-refractivity contribution in [3.63, 3.8) is 0 Å². The van der Waals surface area contributed by atoms with E-state index in [1.165, 1.54) is 24.3 Å². The molecule has 0 saturated heterocycles. The maximum absolute atomic E-state index is 11.7. The summed E-state index contributed by atoms with van der Waals surface area (Å²) in [6.07, 6.45) is 2.74. The van der Waals surface area contributed by atoms with E-state index >= 15 is 0 Å². The van der Waals surface area contributed by atoms with Crippen molar-refractivity contribution in [1.82, 2.24) is 4.98 Å². The summed E-state index contributed by atoms with van der Waals surface area (Å²) in [5.74, 6) is -0.0764. The van der Waals surface area contributed by atoms with Crippen LogP contribution in [0.1, 0.15) is 5.56 Å². The monoisotopic (exact) mass is 303 g/mol. The van der Waals surface area contributed by atoms with Gasteiger partial charge in [0.1, 0.15) is 11.0 Å². The van der Waals surface area contributed by atoms with Crippen molar-refractivity contribution in [3.8, 4) is 0 Å². The van der Waals surface area contributed by atoms with Crippen LogP contribution in [0.5, 0.6) is 0 Å². The lowest BCUT2D eigenvalue weighted by Crippen LogP contribution is -2.08. The highest BCUT2D eigenvalue weighted by Gasteiger charge is 2.04. The Balaban J connectivity index is 2.05. The first kappa shape index (κ1) is 14.7. The largest absolute Gasteiger partial charge is 0.307 e. The number of hydrogen-bond donors (Lipinski definition) is 1. The fourth-order valence-electron chi connectivity index (χ4n) is 1.56. The summed E-state index contributed by atoms with van der Waals surface area (Å²) in [7, 11) is 0. The molecule has 2 rings (SSSR count). The maximum atomic E-state index is 11.7. The number of pyridine rings is 1. The molecule has 0 aliphatic rings. The molecule has 0 bridgehead atoms. The molecule has 1 aromatic carbocycles. The zero-order valence-electron chi connectivity index (χ0n) is 10.7. The average molecular weight is 304 g/mol. The van der Waals surface area contributed by atoms with Gasteiger partial charge in [0.05, 0.1) is 4.92 Å². The Bertz CT molecular complexity index is 716. The second-order valence-corrected chi connectivity index (χ2v) is 4.41. The van der Waals surface area contributed by atoms with E-state index < -0.39 is 10.8 Å². The number of benzene rings is 1. The Kier molecular flexibility index (Phi) is 4.63. The first-order chi connectivity index (χ1) is 10.0. The standard InChI is InChI=1S/C14H10ClN3O3/c15-12-5-2-6-13(16-12)17-14(19)8-7-10-3-1-4-11(9-10)18(20)21/h1-9H,(H,16,17,19)/b8-7+. The third kappa shape index (κ3) is 4.39. The molecular formula is C14H10ClN3O3. The number of carbonyl (C=O) groups excluding carboxylic acids is 1. The number of hydrogen-bond acceptors (Lipinski definition) is 4. The quantitative estimate of drug-likeness (QED) is 0.406. The van der Waals surface area contributed by atoms with Gasteiger partial charge in [0.2, 0.25) is 5.91 Å². The zero-order chi connectivity index (χ0) is 15.2. The van der Waals surface area contributed by atoms with Crippen LogP contribution in [0.25, 0.3) is 6.08 Å². The van der Waals surface area contributed by atoms with Crippen molar-refractivity contribution in [1.29, 1.82) is 0 Å². The van der Waals surface area contributed by atoms with E-state index in [0.29, 0.717) is 11.4 Å². The summed E-state index contributed by atoms with van der Waals surface area (Å²) in [5, 5.41) is 13.5. The Morgan fingerprint density at radius 3 is 2.76 bits per heavy atom. The van der Waals surface area contributed by atoms with Crippen molar-refractivity contribution in [2.75, 3.05) is 5.32 Å². The Hall–Kier alpha value is -2.73. The second-order valence-electron chi connectivity index (χ2n) is 4.02. The summed E-state index contributed by atoms with van der Waals surface area (Å²) >= 11 is 5.70. The molecular weight excluding hydrogens is 294 g/mol. The normalized spacial score (nSPS) is 10.5. The number of carbonyl (C=O) groups is 1. The number of nitrogens with one attached hydrogen (secondary N) is 1. The first-order valence-corrected chi connectivity index (χ1v) is 6.28. The van der Waals surface area contributed by atoms with Gasteiger partial charge in [0, 0.05) is 18.2 Å². The number of anilines is 1. The predicted octanol–water partition coefficient (Wildman–Crippen LogP) is 3.30. The van der Waals surface area contributed by atoms with Crippen LogP contribution in [0.2, 0.25) is 5.15 Å². The van der Waals surface area contributed by atoms with Gasteiger partial charge in [-0.25, -0.2) is 4.98 Å². The van der Waals surface area contributed by atoms with Gasteiger partial charge < -0.3 is 5.32 Å². The van der Waals surface area contributed by atoms with Crippen LogP contribution in [0.4, 0.5) is 11.5 Å². The van der Waals surface area contributed by atoms with E-state index in [1.807, 2.05) is 0 Å². The lowest BCUT2D eigenvalue weighted by atomic mass is 10.2. The molecule has 0 radical (unpaired) electrons. The molecule has 0 atom stereocenters. The molecule has 0 spiro atoms. The lowest BCUT2D eigenvalue weighted by Gasteiger charge is -2.00. The minimum absolute atomic E-state index is 0.0333. The Labute approximate surface area is 125 Å². The van der Waals surface area contributed by atoms with Crippen LogP contribution < -0.4 is 5.32 Å². The minimum atomic E-state index is -0.493. The fraction of sp³-hybridized carbons (Fsp3) is 0. The van der Waals surface area contributed by atoms with Gasteiger partial charge in [0.25, 0.3) is 5.69 Å². The number of nitrogens with zero attached hydrogens (tertiary/aromatic N) is 2. The van der Waals surface area contributed by atoms with Crippen molar-refractivity contribution in [2.24, 2.45) is 0 Å². The zero-order valence-corrected chi connectivity index (χ0v) is 11.4. The summed E-state index contributed by atoms with van der Waals surface area (Å²) in [6.45, 7) is 0. The molecule has 1 N–H and O–H groups in total. The van der Waals surface area contributed by atoms with Gasteiger partial charge >= 0.3 is 0 Å². The number of nitro benzene ring substituents is 1. The first-order valence-electron chi connectivity index (χ1n) is 5.91. The van der Waals surface area contributed by atoms with E-state index in [0.717, 1.165) is 0 Å². The van der Waals surface area contributed by atoms with Gasteiger partial charge in [-0.05, 0) is 23.8 Å². The highest BCUT2D eigenvalue weighted by Crippen LogP contribution is 2.14. The summed E-state index contributed by atoms with van der Waals surface area (Å²) < 4.78 is 0. The van der Waals surface area contributed by atoms with Crippen LogP contribution in [0.15, 0.2) is 48.5 Å². The molecule has 6 nitrogen and oxygen atoms in total. The topological polar surface area (TPSA) is 85.1 Å². The summed E-state index contributed by atoms with van der Waals surface area (Å²) in [6, 6.07) is 10.8. The van der Waals surface area contributed by atoms with E-state index in [4.69, 9.17) is 11.6 Å². The molecule has 0 saturated carbocycles. The van der Waals surface area contributed by atoms with Gasteiger partial charge in [-0.3, -0.25) is 14.9 Å². The number of amides is 1. The third-order valence-electron chi connectivity index (χ3n) is 2.47. The Morgan fingerprint density at radius 1 is 1.29 bits per heavy atom. The SMILES string of the molecule is O=C(/C=C/c1cccc([N+](=O)[O-])c1)Nc1cccc(Cl)n1. The van der Waals surface area contributed by atoms with Gasteiger partial charge in [0.15, 0.2) is 0 Å². The molecule has 1 heterocycles. The van der Waals surface area contributed by atoms with E-state index in [-0.39, 0.29) is 10.8 Å². The summed E-state index contributed by atoms with van der Waals surface area (Å²) in [4.78, 5) is 25.8. The minimum Gasteiger partial charge on any atom is -0.307 e. The highest BCUT2D eigenvalue weighted by atomic mass is 35.5. The number of rotatable bonds is 4. The smallest absolute Gasteiger partial charge is 0.270 e. The van der Waals surface area contributed by atoms with Crippen LogP contribution >= 0.6 is 11.6 Å². The molecule has 1 aromatic heterocycles. The average Bonchev–Trinajstić information content (AvgIpc) is 2.45. The number of non-ortho nitro benzene ring substituents is 1. The number of aromatic nitrogens is 1. The van der Waals surface area contributed by atoms with Gasteiger partial charge in [-0.15, -0.1) is 0 Å². The molecule has 0 aliphatic carbocycles. The number of halogens is 1. The van der Waals surface area contributed by atoms with Crippen LogP contribution in [0.3, 0.4) is 0 Å². The van der Waals surface area contributed by atoms with Crippen LogP contribution in [-0.4, -0.2) is 15.8 Å². The molecule has 2 aromatic rings. The second kappa shape index (κ2) is 6.62. The molecule has 106 valence electrons. The van der Waals surface area contributed by atoms with E-state index in [1.54, 1.807) is 30.3 Å². The Morgan fingerprint density at radius 2 is 2.05 bits per heavy atom. The van der Waals surface area contributed by atoms with Crippen LogP contribution in [-0.2, 0) is 4.79 Å². The highest BCUT2D eigenvalue weighted by molar-refractivity contribution is 6.29. The van der Waals surface area contributed by atoms with Gasteiger partial charge in [-0.2, -0.15) is 0 Å². The van der Waals surface area contributed by atoms with Gasteiger partial charge in [-0.1, -0.05) is 29.8 Å². The molecule has 0 aliphatic heterocycles. The maximum Gasteiger partial charge on any atom is 0.270 e. The molecule has 7 heteroatoms. The predicted molar refractivity (Wildman–Crippen MR) is 80.0 cm³/mol. The van der Waals surface area contributed by atoms with Crippen molar-refractivity contribution < 1.29 is 9.72 Å². The van der Waals surface area contributed by atoms with E-state index in [2.05, 4.69) is 10.3 Å². The molecule has 21 heavy (non-hydrogen) atoms. The molecule has 0 unspecified atom stereocenters. The van der Waals surface area contributed by atoms with Crippen molar-refractivity contribution in [2.45, 2.75) is 0 Å². The lowest BCUT2D eigenvalue weighted by molar-refractivity contribution is -0.384. The van der Waals surface area contributed by atoms with Crippen LogP contribution in [0, 0.1) is 10.1 Å². The number of nitro groups is 1. The molecule has 1 amide bonds. The van der Waals surface area contributed by atoms with E-state index in [9.17, 15) is 14.9 Å². The van der Waals surface area contributed by atoms with Crippen molar-refractivity contribution in [3.05, 3.63) is 69.4 Å². The summed E-state index contributed by atoms with van der Waals surface area (Å²) in [5.41, 5.74) is 0.521. The fourth-order valence-corrected chi connectivity index (χ4v) is 1.72.